The average Bonchev–Trinajstić information content (AvgIpc) is 2.52. The third-order valence-electron chi connectivity index (χ3n) is 3.36. The van der Waals surface area contributed by atoms with Crippen LogP contribution in [0.2, 0.25) is 0 Å². The Morgan fingerprint density at radius 3 is 2.50 bits per heavy atom. The van der Waals surface area contributed by atoms with Crippen LogP contribution in [0.15, 0.2) is 35.5 Å². The summed E-state index contributed by atoms with van der Waals surface area (Å²) in [6.45, 7) is 3.36. The van der Waals surface area contributed by atoms with Crippen LogP contribution in [0.3, 0.4) is 0 Å². The van der Waals surface area contributed by atoms with Gasteiger partial charge in [0.15, 0.2) is 6.61 Å². The van der Waals surface area contributed by atoms with Crippen molar-refractivity contribution in [1.82, 2.24) is 10.6 Å². The van der Waals surface area contributed by atoms with Gasteiger partial charge >= 0.3 is 12.0 Å². The van der Waals surface area contributed by atoms with Gasteiger partial charge < -0.3 is 25.8 Å². The number of hydrogen-bond donors (Lipinski definition) is 3. The number of ether oxygens (including phenoxy) is 2. The second-order valence-electron chi connectivity index (χ2n) is 5.11. The average molecular weight is 333 g/mol. The Balaban J connectivity index is 2.26. The van der Waals surface area contributed by atoms with E-state index in [0.717, 1.165) is 0 Å². The van der Waals surface area contributed by atoms with Crippen LogP contribution >= 0.6 is 0 Å². The zero-order valence-corrected chi connectivity index (χ0v) is 13.4. The summed E-state index contributed by atoms with van der Waals surface area (Å²) in [6.07, 6.45) is 0. The fourth-order valence-electron chi connectivity index (χ4n) is 2.33. The van der Waals surface area contributed by atoms with Gasteiger partial charge in [0.1, 0.15) is 5.75 Å². The lowest BCUT2D eigenvalue weighted by Gasteiger charge is -2.28. The number of nitrogens with one attached hydrogen (secondary N) is 2. The molecule has 0 aliphatic carbocycles. The van der Waals surface area contributed by atoms with Gasteiger partial charge in [0.2, 0.25) is 0 Å². The first-order valence-electron chi connectivity index (χ1n) is 7.38. The predicted octanol–water partition coefficient (Wildman–Crippen LogP) is 0.742. The number of nitrogens with two attached hydrogens (primary N) is 1. The molecule has 0 fully saturated rings. The number of primary amides is 1. The van der Waals surface area contributed by atoms with Crippen LogP contribution in [0.1, 0.15) is 25.5 Å². The van der Waals surface area contributed by atoms with E-state index in [2.05, 4.69) is 10.6 Å². The van der Waals surface area contributed by atoms with E-state index in [-0.39, 0.29) is 13.2 Å². The molecular weight excluding hydrogens is 314 g/mol. The molecular formula is C16H19N3O5. The summed E-state index contributed by atoms with van der Waals surface area (Å²) in [5.41, 5.74) is 6.48. The number of benzene rings is 1. The highest BCUT2D eigenvalue weighted by Crippen LogP contribution is 2.28. The second kappa shape index (κ2) is 7.49. The van der Waals surface area contributed by atoms with Gasteiger partial charge in [-0.3, -0.25) is 4.79 Å². The summed E-state index contributed by atoms with van der Waals surface area (Å²) in [5.74, 6) is -0.620. The third kappa shape index (κ3) is 4.03. The van der Waals surface area contributed by atoms with Gasteiger partial charge in [0, 0.05) is 5.70 Å². The van der Waals surface area contributed by atoms with Gasteiger partial charge in [-0.25, -0.2) is 9.59 Å². The Kier molecular flexibility index (Phi) is 5.41. The maximum absolute atomic E-state index is 12.2. The Hall–Kier alpha value is -3.03. The van der Waals surface area contributed by atoms with Crippen molar-refractivity contribution in [2.75, 3.05) is 13.2 Å². The molecule has 1 aliphatic heterocycles. The van der Waals surface area contributed by atoms with Crippen molar-refractivity contribution in [3.05, 3.63) is 41.1 Å². The summed E-state index contributed by atoms with van der Waals surface area (Å²) in [5, 5.41) is 5.26. The van der Waals surface area contributed by atoms with E-state index in [1.54, 1.807) is 38.1 Å². The molecule has 0 saturated heterocycles. The molecule has 1 aliphatic rings. The molecule has 1 aromatic carbocycles. The number of carbonyl (C=O) groups is 3. The van der Waals surface area contributed by atoms with Gasteiger partial charge in [-0.15, -0.1) is 0 Å². The fourth-order valence-corrected chi connectivity index (χ4v) is 2.33. The van der Waals surface area contributed by atoms with E-state index in [4.69, 9.17) is 15.2 Å². The lowest BCUT2D eigenvalue weighted by atomic mass is 9.95. The molecule has 0 bridgehead atoms. The van der Waals surface area contributed by atoms with Crippen molar-refractivity contribution in [3.63, 3.8) is 0 Å². The molecule has 1 heterocycles. The second-order valence-corrected chi connectivity index (χ2v) is 5.11. The van der Waals surface area contributed by atoms with E-state index in [0.29, 0.717) is 22.6 Å². The molecule has 3 amide bonds. The van der Waals surface area contributed by atoms with Gasteiger partial charge in [-0.2, -0.15) is 0 Å². The quantitative estimate of drug-likeness (QED) is 0.663. The SMILES string of the molecule is CCOC(=O)C1=C(C)NC(=O)N[C@H]1c1ccc(OCC(N)=O)cc1. The van der Waals surface area contributed by atoms with Crippen LogP contribution in [-0.2, 0) is 14.3 Å². The van der Waals surface area contributed by atoms with Crippen molar-refractivity contribution in [2.24, 2.45) is 5.73 Å². The van der Waals surface area contributed by atoms with E-state index in [1.165, 1.54) is 0 Å². The lowest BCUT2D eigenvalue weighted by molar-refractivity contribution is -0.139. The number of esters is 1. The third-order valence-corrected chi connectivity index (χ3v) is 3.36. The molecule has 0 spiro atoms. The van der Waals surface area contributed by atoms with E-state index >= 15 is 0 Å². The first-order valence-corrected chi connectivity index (χ1v) is 7.38. The van der Waals surface area contributed by atoms with Crippen LogP contribution in [0.4, 0.5) is 4.79 Å². The van der Waals surface area contributed by atoms with Crippen LogP contribution < -0.4 is 21.1 Å². The summed E-state index contributed by atoms with van der Waals surface area (Å²) in [6, 6.07) is 5.61. The Morgan fingerprint density at radius 2 is 1.92 bits per heavy atom. The summed E-state index contributed by atoms with van der Waals surface area (Å²) < 4.78 is 10.3. The lowest BCUT2D eigenvalue weighted by Crippen LogP contribution is -2.45. The van der Waals surface area contributed by atoms with E-state index in [9.17, 15) is 14.4 Å². The number of carbonyl (C=O) groups excluding carboxylic acids is 3. The number of rotatable bonds is 6. The molecule has 1 atom stereocenters. The molecule has 8 heteroatoms. The minimum Gasteiger partial charge on any atom is -0.484 e. The molecule has 0 radical (unpaired) electrons. The molecule has 4 N–H and O–H groups in total. The zero-order valence-electron chi connectivity index (χ0n) is 13.4. The molecule has 1 aromatic rings. The molecule has 2 rings (SSSR count). The smallest absolute Gasteiger partial charge is 0.338 e. The van der Waals surface area contributed by atoms with Crippen LogP contribution in [0.5, 0.6) is 5.75 Å². The monoisotopic (exact) mass is 333 g/mol. The minimum absolute atomic E-state index is 0.226. The Bertz CT molecular complexity index is 681. The fraction of sp³-hybridized carbons (Fsp3) is 0.312. The van der Waals surface area contributed by atoms with Crippen LogP contribution in [0, 0.1) is 0 Å². The standard InChI is InChI=1S/C16H19N3O5/c1-3-23-15(21)13-9(2)18-16(22)19-14(13)10-4-6-11(7-5-10)24-8-12(17)20/h4-7,14H,3,8H2,1-2H3,(H2,17,20)(H2,18,19,22)/t14-/m0/s1. The number of amides is 3. The van der Waals surface area contributed by atoms with E-state index in [1.807, 2.05) is 0 Å². The first kappa shape index (κ1) is 17.3. The number of hydrogen-bond acceptors (Lipinski definition) is 5. The van der Waals surface area contributed by atoms with Crippen LogP contribution in [-0.4, -0.2) is 31.1 Å². The maximum atomic E-state index is 12.2. The first-order chi connectivity index (χ1) is 11.4. The van der Waals surface area contributed by atoms with Gasteiger partial charge in [0.25, 0.3) is 5.91 Å². The van der Waals surface area contributed by atoms with Crippen molar-refractivity contribution in [1.29, 1.82) is 0 Å². The largest absolute Gasteiger partial charge is 0.484 e. The molecule has 0 unspecified atom stereocenters. The van der Waals surface area contributed by atoms with E-state index < -0.39 is 23.9 Å². The summed E-state index contributed by atoms with van der Waals surface area (Å²) in [4.78, 5) is 34.7. The van der Waals surface area contributed by atoms with Gasteiger partial charge in [-0.05, 0) is 31.5 Å². The molecule has 128 valence electrons. The Morgan fingerprint density at radius 1 is 1.25 bits per heavy atom. The summed E-state index contributed by atoms with van der Waals surface area (Å²) in [7, 11) is 0. The minimum atomic E-state index is -0.636. The van der Waals surface area contributed by atoms with Crippen molar-refractivity contribution >= 4 is 17.9 Å². The van der Waals surface area contributed by atoms with Gasteiger partial charge in [-0.1, -0.05) is 12.1 Å². The maximum Gasteiger partial charge on any atom is 0.338 e. The number of allylic oxidation sites excluding steroid dienone is 1. The molecule has 24 heavy (non-hydrogen) atoms. The van der Waals surface area contributed by atoms with Crippen molar-refractivity contribution < 1.29 is 23.9 Å². The highest BCUT2D eigenvalue weighted by atomic mass is 16.5. The highest BCUT2D eigenvalue weighted by Gasteiger charge is 2.32. The highest BCUT2D eigenvalue weighted by molar-refractivity contribution is 5.95. The zero-order chi connectivity index (χ0) is 17.7. The van der Waals surface area contributed by atoms with Crippen molar-refractivity contribution in [2.45, 2.75) is 19.9 Å². The topological polar surface area (TPSA) is 120 Å². The molecule has 0 aromatic heterocycles. The normalized spacial score (nSPS) is 16.9. The number of urea groups is 1. The van der Waals surface area contributed by atoms with Gasteiger partial charge in [0.05, 0.1) is 18.2 Å². The molecule has 0 saturated carbocycles. The molecule has 8 nitrogen and oxygen atoms in total. The van der Waals surface area contributed by atoms with Crippen molar-refractivity contribution in [3.8, 4) is 5.75 Å². The Labute approximate surface area is 139 Å². The predicted molar refractivity (Wildman–Crippen MR) is 84.9 cm³/mol. The van der Waals surface area contributed by atoms with Crippen LogP contribution in [0.25, 0.3) is 0 Å². The summed E-state index contributed by atoms with van der Waals surface area (Å²) >= 11 is 0.